The molecule has 0 aliphatic rings. The molecule has 1 aromatic rings. The number of amides is 1. The van der Waals surface area contributed by atoms with Crippen molar-refractivity contribution in [3.63, 3.8) is 0 Å². The van der Waals surface area contributed by atoms with Gasteiger partial charge in [-0.25, -0.2) is 4.98 Å². The van der Waals surface area contributed by atoms with E-state index in [1.54, 1.807) is 6.20 Å². The van der Waals surface area contributed by atoms with Crippen molar-refractivity contribution in [3.8, 4) is 0 Å². The van der Waals surface area contributed by atoms with Crippen LogP contribution in [0.4, 0.5) is 5.82 Å². The van der Waals surface area contributed by atoms with E-state index < -0.39 is 0 Å². The predicted octanol–water partition coefficient (Wildman–Crippen LogP) is 1.80. The lowest BCUT2D eigenvalue weighted by molar-refractivity contribution is -0.121. The number of nitrogens with one attached hydrogen (secondary N) is 2. The van der Waals surface area contributed by atoms with Crippen molar-refractivity contribution in [1.82, 2.24) is 10.3 Å². The van der Waals surface area contributed by atoms with Crippen molar-refractivity contribution in [3.05, 3.63) is 24.4 Å². The smallest absolute Gasteiger partial charge is 0.221 e. The van der Waals surface area contributed by atoms with E-state index in [1.807, 2.05) is 25.1 Å². The van der Waals surface area contributed by atoms with E-state index in [-0.39, 0.29) is 11.9 Å². The highest BCUT2D eigenvalue weighted by atomic mass is 16.1. The zero-order chi connectivity index (χ0) is 11.8. The van der Waals surface area contributed by atoms with Gasteiger partial charge in [0, 0.05) is 25.2 Å². The van der Waals surface area contributed by atoms with Crippen LogP contribution < -0.4 is 10.6 Å². The normalized spacial score (nSPS) is 11.9. The SMILES string of the molecule is CCC(C)NC(=O)CCNc1ccccn1. The molecule has 0 fully saturated rings. The quantitative estimate of drug-likeness (QED) is 0.770. The van der Waals surface area contributed by atoms with Crippen LogP contribution in [0.1, 0.15) is 26.7 Å². The highest BCUT2D eigenvalue weighted by Gasteiger charge is 2.04. The molecule has 1 amide bonds. The minimum atomic E-state index is 0.0813. The molecule has 88 valence electrons. The first-order valence-corrected chi connectivity index (χ1v) is 5.66. The summed E-state index contributed by atoms with van der Waals surface area (Å²) in [6, 6.07) is 5.91. The number of nitrogens with zero attached hydrogens (tertiary/aromatic N) is 1. The maximum Gasteiger partial charge on any atom is 0.221 e. The second kappa shape index (κ2) is 6.82. The number of aromatic nitrogens is 1. The van der Waals surface area contributed by atoms with Gasteiger partial charge >= 0.3 is 0 Å². The minimum absolute atomic E-state index is 0.0813. The molecule has 0 aliphatic heterocycles. The van der Waals surface area contributed by atoms with E-state index in [0.29, 0.717) is 13.0 Å². The van der Waals surface area contributed by atoms with Gasteiger partial charge in [-0.1, -0.05) is 13.0 Å². The van der Waals surface area contributed by atoms with Crippen LogP contribution in [-0.4, -0.2) is 23.5 Å². The third-order valence-electron chi connectivity index (χ3n) is 2.34. The van der Waals surface area contributed by atoms with Crippen molar-refractivity contribution in [2.75, 3.05) is 11.9 Å². The molecule has 16 heavy (non-hydrogen) atoms. The van der Waals surface area contributed by atoms with Gasteiger partial charge in [-0.2, -0.15) is 0 Å². The lowest BCUT2D eigenvalue weighted by Crippen LogP contribution is -2.32. The Bertz CT molecular complexity index is 313. The Morgan fingerprint density at radius 1 is 1.50 bits per heavy atom. The van der Waals surface area contributed by atoms with E-state index in [4.69, 9.17) is 0 Å². The molecular formula is C12H19N3O. The molecule has 0 saturated heterocycles. The topological polar surface area (TPSA) is 54.0 Å². The summed E-state index contributed by atoms with van der Waals surface area (Å²) >= 11 is 0. The van der Waals surface area contributed by atoms with E-state index >= 15 is 0 Å². The second-order valence-electron chi connectivity index (χ2n) is 3.77. The first-order valence-electron chi connectivity index (χ1n) is 5.66. The second-order valence-corrected chi connectivity index (χ2v) is 3.77. The highest BCUT2D eigenvalue weighted by Crippen LogP contribution is 1.99. The highest BCUT2D eigenvalue weighted by molar-refractivity contribution is 5.76. The number of hydrogen-bond acceptors (Lipinski definition) is 3. The Kier molecular flexibility index (Phi) is 5.32. The molecule has 1 heterocycles. The molecule has 4 nitrogen and oxygen atoms in total. The van der Waals surface area contributed by atoms with Gasteiger partial charge in [0.1, 0.15) is 5.82 Å². The predicted molar refractivity (Wildman–Crippen MR) is 65.2 cm³/mol. The Balaban J connectivity index is 2.18. The van der Waals surface area contributed by atoms with Crippen LogP contribution in [0.25, 0.3) is 0 Å². The Hall–Kier alpha value is -1.58. The molecule has 0 bridgehead atoms. The average molecular weight is 221 g/mol. The Morgan fingerprint density at radius 3 is 2.94 bits per heavy atom. The third kappa shape index (κ3) is 4.77. The van der Waals surface area contributed by atoms with Gasteiger partial charge in [0.25, 0.3) is 0 Å². The molecule has 0 aliphatic carbocycles. The molecule has 1 rings (SSSR count). The fourth-order valence-corrected chi connectivity index (χ4v) is 1.22. The number of carbonyl (C=O) groups excluding carboxylic acids is 1. The Labute approximate surface area is 96.5 Å². The van der Waals surface area contributed by atoms with Gasteiger partial charge in [0.15, 0.2) is 0 Å². The molecule has 0 aromatic carbocycles. The maximum atomic E-state index is 11.4. The number of hydrogen-bond donors (Lipinski definition) is 2. The lowest BCUT2D eigenvalue weighted by Gasteiger charge is -2.11. The van der Waals surface area contributed by atoms with E-state index in [9.17, 15) is 4.79 Å². The Morgan fingerprint density at radius 2 is 2.31 bits per heavy atom. The van der Waals surface area contributed by atoms with Crippen LogP contribution in [-0.2, 0) is 4.79 Å². The number of carbonyl (C=O) groups is 1. The molecule has 0 radical (unpaired) electrons. The summed E-state index contributed by atoms with van der Waals surface area (Å²) in [5.74, 6) is 0.886. The molecule has 0 spiro atoms. The van der Waals surface area contributed by atoms with Crippen molar-refractivity contribution in [2.24, 2.45) is 0 Å². The van der Waals surface area contributed by atoms with Gasteiger partial charge < -0.3 is 10.6 Å². The first-order chi connectivity index (χ1) is 7.72. The first kappa shape index (κ1) is 12.5. The van der Waals surface area contributed by atoms with E-state index in [1.165, 1.54) is 0 Å². The number of anilines is 1. The molecule has 1 atom stereocenters. The van der Waals surface area contributed by atoms with Gasteiger partial charge in [-0.05, 0) is 25.5 Å². The molecule has 1 aromatic heterocycles. The maximum absolute atomic E-state index is 11.4. The summed E-state index contributed by atoms with van der Waals surface area (Å²) in [5.41, 5.74) is 0. The van der Waals surface area contributed by atoms with Crippen molar-refractivity contribution in [2.45, 2.75) is 32.7 Å². The molecule has 2 N–H and O–H groups in total. The fourth-order valence-electron chi connectivity index (χ4n) is 1.22. The molecule has 1 unspecified atom stereocenters. The fraction of sp³-hybridized carbons (Fsp3) is 0.500. The standard InChI is InChI=1S/C12H19N3O/c1-3-10(2)15-12(16)7-9-14-11-6-4-5-8-13-11/h4-6,8,10H,3,7,9H2,1-2H3,(H,13,14)(H,15,16). The minimum Gasteiger partial charge on any atom is -0.370 e. The molecule has 4 heteroatoms. The van der Waals surface area contributed by atoms with Gasteiger partial charge in [-0.15, -0.1) is 0 Å². The van der Waals surface area contributed by atoms with Gasteiger partial charge in [-0.3, -0.25) is 4.79 Å². The average Bonchev–Trinajstić information content (AvgIpc) is 2.30. The summed E-state index contributed by atoms with van der Waals surface area (Å²) in [5, 5.41) is 6.01. The molecular weight excluding hydrogens is 202 g/mol. The largest absolute Gasteiger partial charge is 0.370 e. The van der Waals surface area contributed by atoms with E-state index in [2.05, 4.69) is 22.5 Å². The van der Waals surface area contributed by atoms with Crippen LogP contribution in [0.2, 0.25) is 0 Å². The summed E-state index contributed by atoms with van der Waals surface area (Å²) in [6.07, 6.45) is 3.15. The van der Waals surface area contributed by atoms with Gasteiger partial charge in [0.2, 0.25) is 5.91 Å². The zero-order valence-electron chi connectivity index (χ0n) is 9.86. The van der Waals surface area contributed by atoms with Crippen molar-refractivity contribution < 1.29 is 4.79 Å². The van der Waals surface area contributed by atoms with Crippen molar-refractivity contribution >= 4 is 11.7 Å². The summed E-state index contributed by atoms with van der Waals surface area (Å²) in [6.45, 7) is 4.67. The molecule has 0 saturated carbocycles. The zero-order valence-corrected chi connectivity index (χ0v) is 9.86. The van der Waals surface area contributed by atoms with Crippen LogP contribution >= 0.6 is 0 Å². The van der Waals surface area contributed by atoms with Crippen LogP contribution in [0.3, 0.4) is 0 Å². The number of pyridine rings is 1. The monoisotopic (exact) mass is 221 g/mol. The van der Waals surface area contributed by atoms with Crippen molar-refractivity contribution in [1.29, 1.82) is 0 Å². The number of rotatable bonds is 6. The van der Waals surface area contributed by atoms with Gasteiger partial charge in [0.05, 0.1) is 0 Å². The summed E-state index contributed by atoms with van der Waals surface area (Å²) in [7, 11) is 0. The van der Waals surface area contributed by atoms with Crippen LogP contribution in [0.5, 0.6) is 0 Å². The summed E-state index contributed by atoms with van der Waals surface area (Å²) < 4.78 is 0. The van der Waals surface area contributed by atoms with E-state index in [0.717, 1.165) is 12.2 Å². The third-order valence-corrected chi connectivity index (χ3v) is 2.34. The summed E-state index contributed by atoms with van der Waals surface area (Å²) in [4.78, 5) is 15.5. The lowest BCUT2D eigenvalue weighted by atomic mass is 10.2. The van der Waals surface area contributed by atoms with Crippen LogP contribution in [0, 0.1) is 0 Å². The van der Waals surface area contributed by atoms with Crippen LogP contribution in [0.15, 0.2) is 24.4 Å².